The number of hydrogen-bond donors (Lipinski definition) is 2. The summed E-state index contributed by atoms with van der Waals surface area (Å²) in [7, 11) is 0. The largest absolute Gasteiger partial charge is 0.394 e. The van der Waals surface area contributed by atoms with Crippen LogP contribution in [0.4, 0.5) is 4.79 Å². The highest BCUT2D eigenvalue weighted by Crippen LogP contribution is 2.08. The van der Waals surface area contributed by atoms with Crippen molar-refractivity contribution in [1.29, 1.82) is 0 Å². The lowest BCUT2D eigenvalue weighted by atomic mass is 10.1. The highest BCUT2D eigenvalue weighted by Gasteiger charge is 2.15. The zero-order valence-corrected chi connectivity index (χ0v) is 9.78. The summed E-state index contributed by atoms with van der Waals surface area (Å²) in [4.78, 5) is 13.5. The maximum Gasteiger partial charge on any atom is 0.317 e. The predicted molar refractivity (Wildman–Crippen MR) is 61.3 cm³/mol. The van der Waals surface area contributed by atoms with E-state index in [-0.39, 0.29) is 12.6 Å². The van der Waals surface area contributed by atoms with E-state index in [9.17, 15) is 4.79 Å². The van der Waals surface area contributed by atoms with Crippen molar-refractivity contribution in [2.45, 2.75) is 25.7 Å². The standard InChI is InChI=1S/C11H22N2O3/c14-8-10-16-9-4-5-12-11(15)13-6-2-1-3-7-13/h14H,1-10H2,(H,12,15). The molecule has 1 fully saturated rings. The van der Waals surface area contributed by atoms with E-state index in [2.05, 4.69) is 5.32 Å². The van der Waals surface area contributed by atoms with Crippen LogP contribution in [0.2, 0.25) is 0 Å². The molecule has 0 spiro atoms. The Morgan fingerprint density at radius 1 is 1.25 bits per heavy atom. The minimum absolute atomic E-state index is 0.0434. The fraction of sp³-hybridized carbons (Fsp3) is 0.909. The first-order chi connectivity index (χ1) is 7.84. The highest BCUT2D eigenvalue weighted by molar-refractivity contribution is 5.74. The number of nitrogens with zero attached hydrogens (tertiary/aromatic N) is 1. The van der Waals surface area contributed by atoms with Crippen LogP contribution in [0.25, 0.3) is 0 Å². The maximum absolute atomic E-state index is 11.6. The number of nitrogens with one attached hydrogen (secondary N) is 1. The van der Waals surface area contributed by atoms with Gasteiger partial charge in [-0.05, 0) is 25.7 Å². The van der Waals surface area contributed by atoms with E-state index in [0.29, 0.717) is 19.8 Å². The monoisotopic (exact) mass is 230 g/mol. The topological polar surface area (TPSA) is 61.8 Å². The molecule has 0 aromatic heterocycles. The van der Waals surface area contributed by atoms with Gasteiger partial charge in [0, 0.05) is 26.2 Å². The lowest BCUT2D eigenvalue weighted by Crippen LogP contribution is -2.43. The molecular weight excluding hydrogens is 208 g/mol. The van der Waals surface area contributed by atoms with Gasteiger partial charge in [0.1, 0.15) is 0 Å². The number of carbonyl (C=O) groups is 1. The van der Waals surface area contributed by atoms with Gasteiger partial charge in [-0.1, -0.05) is 0 Å². The number of carbonyl (C=O) groups excluding carboxylic acids is 1. The Morgan fingerprint density at radius 2 is 2.00 bits per heavy atom. The van der Waals surface area contributed by atoms with Crippen molar-refractivity contribution in [3.8, 4) is 0 Å². The van der Waals surface area contributed by atoms with Gasteiger partial charge in [0.25, 0.3) is 0 Å². The smallest absolute Gasteiger partial charge is 0.317 e. The zero-order valence-electron chi connectivity index (χ0n) is 9.78. The summed E-state index contributed by atoms with van der Waals surface area (Å²) in [5.74, 6) is 0. The lowest BCUT2D eigenvalue weighted by molar-refractivity contribution is 0.0906. The number of aliphatic hydroxyl groups excluding tert-OH is 1. The van der Waals surface area contributed by atoms with E-state index < -0.39 is 0 Å². The lowest BCUT2D eigenvalue weighted by Gasteiger charge is -2.26. The van der Waals surface area contributed by atoms with Crippen LogP contribution in [0.15, 0.2) is 0 Å². The average Bonchev–Trinajstić information content (AvgIpc) is 2.34. The minimum Gasteiger partial charge on any atom is -0.394 e. The fourth-order valence-electron chi connectivity index (χ4n) is 1.74. The summed E-state index contributed by atoms with van der Waals surface area (Å²) >= 11 is 0. The second-order valence-corrected chi connectivity index (χ2v) is 3.97. The van der Waals surface area contributed by atoms with Crippen LogP contribution < -0.4 is 5.32 Å². The van der Waals surface area contributed by atoms with E-state index >= 15 is 0 Å². The minimum atomic E-state index is 0.0434. The molecule has 0 unspecified atom stereocenters. The molecule has 0 aromatic carbocycles. The highest BCUT2D eigenvalue weighted by atomic mass is 16.5. The summed E-state index contributed by atoms with van der Waals surface area (Å²) in [6, 6.07) is 0.0434. The van der Waals surface area contributed by atoms with Gasteiger partial charge in [-0.3, -0.25) is 0 Å². The summed E-state index contributed by atoms with van der Waals surface area (Å²) in [6.45, 7) is 3.42. The van der Waals surface area contributed by atoms with E-state index in [1.807, 2.05) is 4.90 Å². The summed E-state index contributed by atoms with van der Waals surface area (Å²) in [5, 5.41) is 11.4. The molecule has 5 nitrogen and oxygen atoms in total. The third-order valence-electron chi connectivity index (χ3n) is 2.62. The van der Waals surface area contributed by atoms with Crippen LogP contribution in [0.1, 0.15) is 25.7 Å². The molecule has 1 saturated heterocycles. The van der Waals surface area contributed by atoms with E-state index in [0.717, 1.165) is 32.4 Å². The Kier molecular flexibility index (Phi) is 6.92. The first-order valence-electron chi connectivity index (χ1n) is 6.06. The molecule has 1 rings (SSSR count). The van der Waals surface area contributed by atoms with E-state index in [4.69, 9.17) is 9.84 Å². The summed E-state index contributed by atoms with van der Waals surface area (Å²) in [5.41, 5.74) is 0. The van der Waals surface area contributed by atoms with Gasteiger partial charge in [-0.15, -0.1) is 0 Å². The Balaban J connectivity index is 1.97. The number of hydrogen-bond acceptors (Lipinski definition) is 3. The molecule has 2 N–H and O–H groups in total. The number of urea groups is 1. The molecule has 1 heterocycles. The molecule has 0 atom stereocenters. The Morgan fingerprint density at radius 3 is 2.69 bits per heavy atom. The number of likely N-dealkylation sites (tertiary alicyclic amines) is 1. The van der Waals surface area contributed by atoms with Crippen molar-refractivity contribution in [1.82, 2.24) is 10.2 Å². The van der Waals surface area contributed by atoms with Crippen molar-refractivity contribution in [3.05, 3.63) is 0 Å². The SMILES string of the molecule is O=C(NCCCOCCO)N1CCCCC1. The molecule has 0 aliphatic carbocycles. The number of aliphatic hydroxyl groups is 1. The molecule has 0 bridgehead atoms. The van der Waals surface area contributed by atoms with Crippen LogP contribution in [-0.2, 0) is 4.74 Å². The van der Waals surface area contributed by atoms with Crippen LogP contribution >= 0.6 is 0 Å². The first kappa shape index (κ1) is 13.3. The maximum atomic E-state index is 11.6. The molecule has 5 heteroatoms. The van der Waals surface area contributed by atoms with Crippen molar-refractivity contribution < 1.29 is 14.6 Å². The van der Waals surface area contributed by atoms with Crippen molar-refractivity contribution in [3.63, 3.8) is 0 Å². The number of piperidine rings is 1. The van der Waals surface area contributed by atoms with Gasteiger partial charge in [0.15, 0.2) is 0 Å². The molecule has 16 heavy (non-hydrogen) atoms. The zero-order chi connectivity index (χ0) is 11.6. The fourth-order valence-corrected chi connectivity index (χ4v) is 1.74. The Hall–Kier alpha value is -0.810. The van der Waals surface area contributed by atoms with Crippen LogP contribution in [0.3, 0.4) is 0 Å². The molecule has 0 saturated carbocycles. The average molecular weight is 230 g/mol. The molecular formula is C11H22N2O3. The van der Waals surface area contributed by atoms with Gasteiger partial charge < -0.3 is 20.1 Å². The normalized spacial score (nSPS) is 16.2. The number of amides is 2. The van der Waals surface area contributed by atoms with Crippen LogP contribution in [0, 0.1) is 0 Å². The second-order valence-electron chi connectivity index (χ2n) is 3.97. The number of rotatable bonds is 6. The first-order valence-corrected chi connectivity index (χ1v) is 6.06. The molecule has 2 amide bonds. The van der Waals surface area contributed by atoms with Gasteiger partial charge in [-0.25, -0.2) is 4.79 Å². The van der Waals surface area contributed by atoms with E-state index in [1.54, 1.807) is 0 Å². The molecule has 94 valence electrons. The quantitative estimate of drug-likeness (QED) is 0.656. The van der Waals surface area contributed by atoms with Crippen molar-refractivity contribution in [2.75, 3.05) is 39.5 Å². The van der Waals surface area contributed by atoms with Gasteiger partial charge in [0.2, 0.25) is 0 Å². The van der Waals surface area contributed by atoms with Crippen molar-refractivity contribution in [2.24, 2.45) is 0 Å². The second kappa shape index (κ2) is 8.35. The predicted octanol–water partition coefficient (Wildman–Crippen LogP) is 0.581. The van der Waals surface area contributed by atoms with Gasteiger partial charge >= 0.3 is 6.03 Å². The van der Waals surface area contributed by atoms with Crippen LogP contribution in [-0.4, -0.2) is 55.5 Å². The van der Waals surface area contributed by atoms with Crippen molar-refractivity contribution >= 4 is 6.03 Å². The third-order valence-corrected chi connectivity index (χ3v) is 2.62. The molecule has 0 radical (unpaired) electrons. The summed E-state index contributed by atoms with van der Waals surface area (Å²) in [6.07, 6.45) is 4.26. The van der Waals surface area contributed by atoms with Crippen LogP contribution in [0.5, 0.6) is 0 Å². The summed E-state index contributed by atoms with van der Waals surface area (Å²) < 4.78 is 5.10. The Labute approximate surface area is 96.8 Å². The van der Waals surface area contributed by atoms with Gasteiger partial charge in [0.05, 0.1) is 13.2 Å². The number of ether oxygens (including phenoxy) is 1. The van der Waals surface area contributed by atoms with E-state index in [1.165, 1.54) is 6.42 Å². The Bertz CT molecular complexity index is 194. The van der Waals surface area contributed by atoms with Gasteiger partial charge in [-0.2, -0.15) is 0 Å². The third kappa shape index (κ3) is 5.32. The molecule has 1 aliphatic heterocycles. The molecule has 0 aromatic rings. The molecule has 1 aliphatic rings.